The van der Waals surface area contributed by atoms with Crippen molar-refractivity contribution in [1.82, 2.24) is 9.21 Å². The van der Waals surface area contributed by atoms with Crippen LogP contribution in [-0.2, 0) is 32.5 Å². The molecule has 0 aromatic heterocycles. The number of sulfonamides is 1. The van der Waals surface area contributed by atoms with Gasteiger partial charge in [0.2, 0.25) is 15.9 Å². The predicted molar refractivity (Wildman–Crippen MR) is 99.8 cm³/mol. The summed E-state index contributed by atoms with van der Waals surface area (Å²) in [5.74, 6) is -1.60. The number of aliphatic carboxylic acids is 1. The van der Waals surface area contributed by atoms with E-state index in [1.807, 2.05) is 13.0 Å². The minimum Gasteiger partial charge on any atom is -0.481 e. The summed E-state index contributed by atoms with van der Waals surface area (Å²) in [6.45, 7) is 4.98. The Morgan fingerprint density at radius 1 is 1.11 bits per heavy atom. The molecule has 148 valence electrons. The number of carboxylic acid groups (broad SMARTS) is 1. The van der Waals surface area contributed by atoms with E-state index >= 15 is 0 Å². The smallest absolute Gasteiger partial charge is 0.307 e. The first-order chi connectivity index (χ1) is 12.7. The van der Waals surface area contributed by atoms with Crippen LogP contribution in [0.15, 0.2) is 23.1 Å². The molecule has 2 atom stereocenters. The molecule has 2 aliphatic rings. The Labute approximate surface area is 160 Å². The fourth-order valence-electron chi connectivity index (χ4n) is 4.00. The van der Waals surface area contributed by atoms with Gasteiger partial charge in [-0.1, -0.05) is 13.0 Å². The van der Waals surface area contributed by atoms with E-state index in [0.717, 1.165) is 11.1 Å². The number of rotatable bonds is 3. The molecule has 2 aliphatic heterocycles. The minimum atomic E-state index is -3.75. The summed E-state index contributed by atoms with van der Waals surface area (Å²) in [4.78, 5) is 25.0. The highest BCUT2D eigenvalue weighted by molar-refractivity contribution is 7.89. The van der Waals surface area contributed by atoms with Gasteiger partial charge in [-0.2, -0.15) is 4.31 Å². The molecule has 0 bridgehead atoms. The number of hydrogen-bond donors (Lipinski definition) is 1. The molecule has 3 rings (SSSR count). The molecule has 1 aromatic carbocycles. The van der Waals surface area contributed by atoms with Crippen molar-refractivity contribution in [2.75, 3.05) is 26.2 Å². The SMILES string of the molecule is CC(=O)N1CCc2ccc(S(=O)(=O)N3CC(C)CC(C(=O)O)C3)cc2CC1. The molecule has 1 fully saturated rings. The number of hydrogen-bond acceptors (Lipinski definition) is 4. The van der Waals surface area contributed by atoms with Crippen molar-refractivity contribution in [3.63, 3.8) is 0 Å². The van der Waals surface area contributed by atoms with E-state index in [4.69, 9.17) is 0 Å². The normalized spacial score (nSPS) is 24.1. The molecule has 1 aromatic rings. The standard InChI is InChI=1S/C19H26N2O5S/c1-13-9-17(19(23)24)12-21(11-13)27(25,26)18-4-3-15-5-7-20(14(2)22)8-6-16(15)10-18/h3-4,10,13,17H,5-9,11-12H2,1-2H3,(H,23,24). The summed E-state index contributed by atoms with van der Waals surface area (Å²) >= 11 is 0. The lowest BCUT2D eigenvalue weighted by Gasteiger charge is -2.33. The Balaban J connectivity index is 1.86. The molecule has 27 heavy (non-hydrogen) atoms. The van der Waals surface area contributed by atoms with Crippen molar-refractivity contribution in [3.05, 3.63) is 29.3 Å². The molecule has 2 heterocycles. The number of carbonyl (C=O) groups excluding carboxylic acids is 1. The molecule has 7 nitrogen and oxygen atoms in total. The average molecular weight is 394 g/mol. The number of carbonyl (C=O) groups is 2. The molecule has 0 aliphatic carbocycles. The van der Waals surface area contributed by atoms with Gasteiger partial charge in [0.25, 0.3) is 0 Å². The molecule has 0 saturated carbocycles. The minimum absolute atomic E-state index is 0.000392. The number of carboxylic acids is 1. The van der Waals surface area contributed by atoms with Crippen molar-refractivity contribution >= 4 is 21.9 Å². The number of benzene rings is 1. The van der Waals surface area contributed by atoms with Crippen molar-refractivity contribution in [3.8, 4) is 0 Å². The lowest BCUT2D eigenvalue weighted by molar-refractivity contribution is -0.143. The van der Waals surface area contributed by atoms with E-state index in [0.29, 0.717) is 38.9 Å². The Morgan fingerprint density at radius 2 is 1.78 bits per heavy atom. The zero-order chi connectivity index (χ0) is 19.8. The van der Waals surface area contributed by atoms with Crippen molar-refractivity contribution in [2.45, 2.75) is 38.0 Å². The van der Waals surface area contributed by atoms with E-state index in [1.54, 1.807) is 24.0 Å². The highest BCUT2D eigenvalue weighted by Gasteiger charge is 2.36. The van der Waals surface area contributed by atoms with Crippen LogP contribution in [0.4, 0.5) is 0 Å². The van der Waals surface area contributed by atoms with Crippen LogP contribution in [0.25, 0.3) is 0 Å². The first-order valence-electron chi connectivity index (χ1n) is 9.28. The number of amides is 1. The summed E-state index contributed by atoms with van der Waals surface area (Å²) in [5, 5.41) is 9.32. The van der Waals surface area contributed by atoms with Crippen LogP contribution >= 0.6 is 0 Å². The maximum absolute atomic E-state index is 13.1. The van der Waals surface area contributed by atoms with Crippen LogP contribution in [0.3, 0.4) is 0 Å². The summed E-state index contributed by atoms with van der Waals surface area (Å²) in [6.07, 6.45) is 1.82. The predicted octanol–water partition coefficient (Wildman–Crippen LogP) is 1.36. The van der Waals surface area contributed by atoms with Gasteiger partial charge in [0.05, 0.1) is 10.8 Å². The lowest BCUT2D eigenvalue weighted by atomic mass is 9.92. The first-order valence-corrected chi connectivity index (χ1v) is 10.7. The van der Waals surface area contributed by atoms with E-state index < -0.39 is 21.9 Å². The van der Waals surface area contributed by atoms with Crippen LogP contribution < -0.4 is 0 Å². The number of fused-ring (bicyclic) bond motifs is 1. The van der Waals surface area contributed by atoms with Gasteiger partial charge < -0.3 is 10.0 Å². The Bertz CT molecular complexity index is 852. The third-order valence-electron chi connectivity index (χ3n) is 5.54. The van der Waals surface area contributed by atoms with Gasteiger partial charge in [-0.05, 0) is 48.4 Å². The van der Waals surface area contributed by atoms with E-state index in [-0.39, 0.29) is 23.3 Å². The third kappa shape index (κ3) is 4.16. The zero-order valence-corrected chi connectivity index (χ0v) is 16.5. The number of nitrogens with zero attached hydrogens (tertiary/aromatic N) is 2. The molecule has 0 radical (unpaired) electrons. The van der Waals surface area contributed by atoms with E-state index in [2.05, 4.69) is 0 Å². The molecule has 8 heteroatoms. The summed E-state index contributed by atoms with van der Waals surface area (Å²) in [6, 6.07) is 5.13. The highest BCUT2D eigenvalue weighted by atomic mass is 32.2. The first kappa shape index (κ1) is 19.8. The van der Waals surface area contributed by atoms with Gasteiger partial charge >= 0.3 is 5.97 Å². The van der Waals surface area contributed by atoms with Crippen LogP contribution in [0.5, 0.6) is 0 Å². The molecule has 0 spiro atoms. The van der Waals surface area contributed by atoms with Crippen molar-refractivity contribution < 1.29 is 23.1 Å². The fourth-order valence-corrected chi connectivity index (χ4v) is 5.66. The molecular weight excluding hydrogens is 368 g/mol. The largest absolute Gasteiger partial charge is 0.481 e. The number of piperidine rings is 1. The molecule has 1 saturated heterocycles. The summed E-state index contributed by atoms with van der Waals surface area (Å²) in [5.41, 5.74) is 2.01. The Hall–Kier alpha value is -1.93. The molecule has 2 unspecified atom stereocenters. The second-order valence-electron chi connectivity index (χ2n) is 7.63. The second-order valence-corrected chi connectivity index (χ2v) is 9.57. The molecular formula is C19H26N2O5S. The van der Waals surface area contributed by atoms with E-state index in [1.165, 1.54) is 4.31 Å². The fraction of sp³-hybridized carbons (Fsp3) is 0.579. The lowest BCUT2D eigenvalue weighted by Crippen LogP contribution is -2.45. The highest BCUT2D eigenvalue weighted by Crippen LogP contribution is 2.29. The Kier molecular flexibility index (Phi) is 5.58. The van der Waals surface area contributed by atoms with Gasteiger partial charge in [0, 0.05) is 33.1 Å². The maximum atomic E-state index is 13.1. The van der Waals surface area contributed by atoms with Crippen molar-refractivity contribution in [1.29, 1.82) is 0 Å². The van der Waals surface area contributed by atoms with Crippen molar-refractivity contribution in [2.24, 2.45) is 11.8 Å². The maximum Gasteiger partial charge on any atom is 0.307 e. The molecule has 1 amide bonds. The third-order valence-corrected chi connectivity index (χ3v) is 7.37. The summed E-state index contributed by atoms with van der Waals surface area (Å²) in [7, 11) is -3.75. The van der Waals surface area contributed by atoms with Gasteiger partial charge in [0.1, 0.15) is 0 Å². The van der Waals surface area contributed by atoms with Gasteiger partial charge in [-0.3, -0.25) is 9.59 Å². The van der Waals surface area contributed by atoms with Crippen LogP contribution in [0, 0.1) is 11.8 Å². The van der Waals surface area contributed by atoms with Gasteiger partial charge in [-0.15, -0.1) is 0 Å². The van der Waals surface area contributed by atoms with Gasteiger partial charge in [-0.25, -0.2) is 8.42 Å². The van der Waals surface area contributed by atoms with Crippen LogP contribution in [0.1, 0.15) is 31.4 Å². The Morgan fingerprint density at radius 3 is 2.41 bits per heavy atom. The molecule has 1 N–H and O–H groups in total. The van der Waals surface area contributed by atoms with Gasteiger partial charge in [0.15, 0.2) is 0 Å². The van der Waals surface area contributed by atoms with Crippen LogP contribution in [-0.4, -0.2) is 60.8 Å². The van der Waals surface area contributed by atoms with Crippen LogP contribution in [0.2, 0.25) is 0 Å². The topological polar surface area (TPSA) is 95.0 Å². The average Bonchev–Trinajstić information content (AvgIpc) is 2.83. The summed E-state index contributed by atoms with van der Waals surface area (Å²) < 4.78 is 27.5. The monoisotopic (exact) mass is 394 g/mol. The zero-order valence-electron chi connectivity index (χ0n) is 15.7. The second kappa shape index (κ2) is 7.59. The van der Waals surface area contributed by atoms with E-state index in [9.17, 15) is 23.1 Å². The quantitative estimate of drug-likeness (QED) is 0.835.